The first-order chi connectivity index (χ1) is 10.6. The Morgan fingerprint density at radius 1 is 1.14 bits per heavy atom. The Hall–Kier alpha value is -1.79. The lowest BCUT2D eigenvalue weighted by Gasteiger charge is -2.17. The molecule has 0 amide bonds. The Morgan fingerprint density at radius 3 is 2.64 bits per heavy atom. The predicted octanol–water partition coefficient (Wildman–Crippen LogP) is 4.23. The number of anilines is 1. The Labute approximate surface area is 142 Å². The molecule has 1 aliphatic heterocycles. The van der Waals surface area contributed by atoms with Crippen LogP contribution in [-0.2, 0) is 0 Å². The molecule has 0 saturated heterocycles. The van der Waals surface area contributed by atoms with Gasteiger partial charge in [0, 0.05) is 10.2 Å². The summed E-state index contributed by atoms with van der Waals surface area (Å²) in [6.45, 7) is 2.33. The Balaban J connectivity index is 1.62. The molecule has 0 aromatic heterocycles. The van der Waals surface area contributed by atoms with Crippen LogP contribution in [0.2, 0.25) is 0 Å². The standard InChI is InChI=1S/C16H15BrN2O2S/c1-10(11-2-7-14-15(8-11)21-9-20-14)18-16(22)19-13-5-3-12(17)4-6-13/h2-8,10H,9H2,1H3,(H2,18,19,22). The van der Waals surface area contributed by atoms with E-state index in [-0.39, 0.29) is 12.8 Å². The topological polar surface area (TPSA) is 42.5 Å². The summed E-state index contributed by atoms with van der Waals surface area (Å²) in [6.07, 6.45) is 0. The molecule has 1 heterocycles. The summed E-state index contributed by atoms with van der Waals surface area (Å²) in [5.74, 6) is 1.56. The highest BCUT2D eigenvalue weighted by Crippen LogP contribution is 2.34. The maximum Gasteiger partial charge on any atom is 0.231 e. The summed E-state index contributed by atoms with van der Waals surface area (Å²) in [5.41, 5.74) is 2.03. The van der Waals surface area contributed by atoms with Crippen molar-refractivity contribution in [1.82, 2.24) is 5.32 Å². The van der Waals surface area contributed by atoms with Gasteiger partial charge < -0.3 is 20.1 Å². The maximum atomic E-state index is 5.40. The first-order valence-corrected chi connectivity index (χ1v) is 8.04. The Bertz CT molecular complexity index is 691. The van der Waals surface area contributed by atoms with Crippen LogP contribution < -0.4 is 20.1 Å². The molecule has 4 nitrogen and oxygen atoms in total. The lowest BCUT2D eigenvalue weighted by atomic mass is 10.1. The SMILES string of the molecule is CC(NC(=S)Nc1ccc(Br)cc1)c1ccc2c(c1)OCO2. The Morgan fingerprint density at radius 2 is 1.86 bits per heavy atom. The number of nitrogens with one attached hydrogen (secondary N) is 2. The van der Waals surface area contributed by atoms with Crippen LogP contribution in [0.3, 0.4) is 0 Å². The van der Waals surface area contributed by atoms with Gasteiger partial charge in [0.25, 0.3) is 0 Å². The third kappa shape index (κ3) is 3.51. The molecule has 0 saturated carbocycles. The van der Waals surface area contributed by atoms with Crippen molar-refractivity contribution in [2.45, 2.75) is 13.0 Å². The largest absolute Gasteiger partial charge is 0.454 e. The van der Waals surface area contributed by atoms with E-state index in [1.807, 2.05) is 49.4 Å². The van der Waals surface area contributed by atoms with Crippen molar-refractivity contribution in [3.63, 3.8) is 0 Å². The van der Waals surface area contributed by atoms with E-state index in [1.54, 1.807) is 0 Å². The van der Waals surface area contributed by atoms with Crippen LogP contribution >= 0.6 is 28.1 Å². The molecule has 6 heteroatoms. The van der Waals surface area contributed by atoms with Crippen LogP contribution in [0.15, 0.2) is 46.9 Å². The molecule has 2 aromatic carbocycles. The van der Waals surface area contributed by atoms with Crippen molar-refractivity contribution >= 4 is 38.9 Å². The zero-order valence-electron chi connectivity index (χ0n) is 11.9. The van der Waals surface area contributed by atoms with Gasteiger partial charge >= 0.3 is 0 Å². The molecule has 0 spiro atoms. The van der Waals surface area contributed by atoms with E-state index >= 15 is 0 Å². The average Bonchev–Trinajstić information content (AvgIpc) is 2.97. The van der Waals surface area contributed by atoms with Gasteiger partial charge in [-0.05, 0) is 61.1 Å². The molecular formula is C16H15BrN2O2S. The van der Waals surface area contributed by atoms with Crippen molar-refractivity contribution in [3.8, 4) is 11.5 Å². The fourth-order valence-electron chi connectivity index (χ4n) is 2.16. The van der Waals surface area contributed by atoms with Crippen molar-refractivity contribution in [1.29, 1.82) is 0 Å². The highest BCUT2D eigenvalue weighted by molar-refractivity contribution is 9.10. The second kappa shape index (κ2) is 6.54. The molecule has 114 valence electrons. The number of rotatable bonds is 3. The number of benzene rings is 2. The second-order valence-electron chi connectivity index (χ2n) is 4.94. The van der Waals surface area contributed by atoms with E-state index in [4.69, 9.17) is 21.7 Å². The van der Waals surface area contributed by atoms with Gasteiger partial charge in [-0.3, -0.25) is 0 Å². The Kier molecular flexibility index (Phi) is 4.49. The molecule has 22 heavy (non-hydrogen) atoms. The summed E-state index contributed by atoms with van der Waals surface area (Å²) < 4.78 is 11.7. The summed E-state index contributed by atoms with van der Waals surface area (Å²) in [7, 11) is 0. The summed E-state index contributed by atoms with van der Waals surface area (Å²) >= 11 is 8.76. The third-order valence-corrected chi connectivity index (χ3v) is 4.09. The van der Waals surface area contributed by atoms with Crippen molar-refractivity contribution < 1.29 is 9.47 Å². The fraction of sp³-hybridized carbons (Fsp3) is 0.188. The smallest absolute Gasteiger partial charge is 0.231 e. The number of ether oxygens (including phenoxy) is 2. The van der Waals surface area contributed by atoms with Gasteiger partial charge in [-0.2, -0.15) is 0 Å². The molecule has 1 aliphatic rings. The van der Waals surface area contributed by atoms with Crippen LogP contribution in [0.5, 0.6) is 11.5 Å². The first kappa shape index (κ1) is 15.1. The molecule has 1 unspecified atom stereocenters. The lowest BCUT2D eigenvalue weighted by molar-refractivity contribution is 0.174. The average molecular weight is 379 g/mol. The lowest BCUT2D eigenvalue weighted by Crippen LogP contribution is -2.30. The normalized spacial score (nSPS) is 13.5. The van der Waals surface area contributed by atoms with E-state index < -0.39 is 0 Å². The molecule has 0 fully saturated rings. The summed E-state index contributed by atoms with van der Waals surface area (Å²) in [6, 6.07) is 13.8. The molecule has 2 N–H and O–H groups in total. The predicted molar refractivity (Wildman–Crippen MR) is 94.5 cm³/mol. The minimum atomic E-state index is 0.0601. The van der Waals surface area contributed by atoms with Gasteiger partial charge in [0.1, 0.15) is 0 Å². The highest BCUT2D eigenvalue weighted by Gasteiger charge is 2.16. The first-order valence-electron chi connectivity index (χ1n) is 6.84. The van der Waals surface area contributed by atoms with Crippen LogP contribution in [-0.4, -0.2) is 11.9 Å². The minimum Gasteiger partial charge on any atom is -0.454 e. The number of fused-ring (bicyclic) bond motifs is 1. The zero-order valence-corrected chi connectivity index (χ0v) is 14.3. The van der Waals surface area contributed by atoms with E-state index in [0.717, 1.165) is 27.2 Å². The van der Waals surface area contributed by atoms with Gasteiger partial charge in [-0.1, -0.05) is 22.0 Å². The van der Waals surface area contributed by atoms with Crippen molar-refractivity contribution in [3.05, 3.63) is 52.5 Å². The van der Waals surface area contributed by atoms with Gasteiger partial charge in [-0.15, -0.1) is 0 Å². The van der Waals surface area contributed by atoms with Gasteiger partial charge in [0.2, 0.25) is 6.79 Å². The monoisotopic (exact) mass is 378 g/mol. The van der Waals surface area contributed by atoms with E-state index in [1.165, 1.54) is 0 Å². The molecule has 0 bridgehead atoms. The van der Waals surface area contributed by atoms with Crippen LogP contribution in [0.1, 0.15) is 18.5 Å². The van der Waals surface area contributed by atoms with Crippen LogP contribution in [0.4, 0.5) is 5.69 Å². The maximum absolute atomic E-state index is 5.40. The number of hydrogen-bond acceptors (Lipinski definition) is 3. The number of halogens is 1. The molecule has 0 aliphatic carbocycles. The van der Waals surface area contributed by atoms with E-state index in [0.29, 0.717) is 5.11 Å². The number of hydrogen-bond donors (Lipinski definition) is 2. The molecule has 3 rings (SSSR count). The molecule has 0 radical (unpaired) electrons. The summed E-state index contributed by atoms with van der Waals surface area (Å²) in [4.78, 5) is 0. The van der Waals surface area contributed by atoms with Crippen molar-refractivity contribution in [2.24, 2.45) is 0 Å². The molecular weight excluding hydrogens is 364 g/mol. The zero-order chi connectivity index (χ0) is 15.5. The van der Waals surface area contributed by atoms with Gasteiger partial charge in [-0.25, -0.2) is 0 Å². The van der Waals surface area contributed by atoms with Crippen molar-refractivity contribution in [2.75, 3.05) is 12.1 Å². The van der Waals surface area contributed by atoms with Gasteiger partial charge in [0.15, 0.2) is 16.6 Å². The minimum absolute atomic E-state index is 0.0601. The van der Waals surface area contributed by atoms with Gasteiger partial charge in [0.05, 0.1) is 6.04 Å². The van der Waals surface area contributed by atoms with Crippen LogP contribution in [0, 0.1) is 0 Å². The quantitative estimate of drug-likeness (QED) is 0.782. The van der Waals surface area contributed by atoms with E-state index in [9.17, 15) is 0 Å². The fourth-order valence-corrected chi connectivity index (χ4v) is 2.72. The molecule has 2 aromatic rings. The second-order valence-corrected chi connectivity index (χ2v) is 6.26. The molecule has 1 atom stereocenters. The van der Waals surface area contributed by atoms with E-state index in [2.05, 4.69) is 26.6 Å². The number of thiocarbonyl (C=S) groups is 1. The summed E-state index contributed by atoms with van der Waals surface area (Å²) in [5, 5.41) is 7.00. The highest BCUT2D eigenvalue weighted by atomic mass is 79.9. The third-order valence-electron chi connectivity index (χ3n) is 3.35. The van der Waals surface area contributed by atoms with Crippen LogP contribution in [0.25, 0.3) is 0 Å².